The Morgan fingerprint density at radius 2 is 1.38 bits per heavy atom. The summed E-state index contributed by atoms with van der Waals surface area (Å²) in [6, 6.07) is 26.7. The Morgan fingerprint density at radius 1 is 0.853 bits per heavy atom. The summed E-state index contributed by atoms with van der Waals surface area (Å²) in [7, 11) is -0.285. The normalized spacial score (nSPS) is 12.9. The summed E-state index contributed by atoms with van der Waals surface area (Å²) in [6.07, 6.45) is 5.59. The predicted octanol–water partition coefficient (Wildman–Crippen LogP) is 7.71. The van der Waals surface area contributed by atoms with Gasteiger partial charge in [-0.1, -0.05) is 30.2 Å². The quantitative estimate of drug-likeness (QED) is 0.153. The van der Waals surface area contributed by atoms with Crippen molar-refractivity contribution < 1.29 is 18.3 Å². The largest absolute Gasteiger partial charge is 0.438 e. The van der Waals surface area contributed by atoms with Gasteiger partial charge in [0.2, 0.25) is 0 Å². The molecule has 0 saturated carbocycles. The molecule has 0 radical (unpaired) electrons. The minimum absolute atomic E-state index is 0.0538. The van der Waals surface area contributed by atoms with Crippen molar-refractivity contribution >= 4 is 36.6 Å². The Kier molecular flexibility index (Phi) is 5.39. The summed E-state index contributed by atoms with van der Waals surface area (Å²) in [5, 5.41) is 2.44. The van der Waals surface area contributed by atoms with Gasteiger partial charge in [-0.15, -0.1) is 6.42 Å². The molecule has 0 aliphatic rings. The molecule has 0 aliphatic heterocycles. The van der Waals surface area contributed by atoms with Gasteiger partial charge in [0.25, 0.3) is 0 Å². The lowest BCUT2D eigenvalue weighted by molar-refractivity contribution is 0.0127. The molecule has 5 rings (SSSR count). The molecule has 0 N–H and O–H groups in total. The lowest BCUT2D eigenvalue weighted by atomic mass is 9.96. The van der Waals surface area contributed by atoms with E-state index in [1.165, 1.54) is 27.1 Å². The third-order valence-electron chi connectivity index (χ3n) is 5.82. The average molecular weight is 470 g/mol. The second-order valence-corrected chi connectivity index (χ2v) is 10.0. The molecule has 0 spiro atoms. The maximum absolute atomic E-state index is 13.7. The van der Waals surface area contributed by atoms with Crippen molar-refractivity contribution in [2.75, 3.05) is 0 Å². The Balaban J connectivity index is 1.49. The van der Waals surface area contributed by atoms with E-state index >= 15 is 0 Å². The van der Waals surface area contributed by atoms with Crippen LogP contribution in [0.5, 0.6) is 0 Å². The number of ether oxygens (including phenoxy) is 1. The van der Waals surface area contributed by atoms with Crippen molar-refractivity contribution in [3.8, 4) is 17.2 Å². The molecule has 2 nitrogen and oxygen atoms in total. The molecule has 0 bridgehead atoms. The number of rotatable bonds is 4. The fraction of sp³-hybridized carbons (Fsp3) is 0.0690. The van der Waals surface area contributed by atoms with Crippen LogP contribution in [0.2, 0.25) is 0 Å². The van der Waals surface area contributed by atoms with Crippen LogP contribution in [0.1, 0.15) is 22.8 Å². The molecule has 1 atom stereocenters. The second-order valence-electron chi connectivity index (χ2n) is 8.05. The maximum Gasteiger partial charge on any atom is 0.339 e. The Morgan fingerprint density at radius 3 is 1.91 bits per heavy atom. The van der Waals surface area contributed by atoms with E-state index in [0.29, 0.717) is 5.56 Å². The van der Waals surface area contributed by atoms with Crippen LogP contribution in [0, 0.1) is 24.0 Å². The first-order valence-corrected chi connectivity index (χ1v) is 11.8. The summed E-state index contributed by atoms with van der Waals surface area (Å²) < 4.78 is 35.4. The standard InChI is InChI=1S/C29H19F2O2S/c1-3-29(2,20-16-21(30)18-22(31)17-20)33-28(32)19-12-14-23(15-13-19)34-26-10-6-4-8-24(26)25-9-5-7-11-27(25)34/h1,4-18H,2H3/q+1. The number of benzene rings is 4. The van der Waals surface area contributed by atoms with Crippen LogP contribution in [0.4, 0.5) is 8.78 Å². The van der Waals surface area contributed by atoms with Gasteiger partial charge in [0.1, 0.15) is 11.6 Å². The van der Waals surface area contributed by atoms with Crippen LogP contribution in [0.25, 0.3) is 25.1 Å². The fourth-order valence-corrected chi connectivity index (χ4v) is 6.46. The van der Waals surface area contributed by atoms with Crippen molar-refractivity contribution in [2.24, 2.45) is 0 Å². The van der Waals surface area contributed by atoms with E-state index < -0.39 is 23.2 Å². The highest BCUT2D eigenvalue weighted by atomic mass is 32.2. The number of halogens is 2. The molecule has 5 heteroatoms. The topological polar surface area (TPSA) is 26.3 Å². The summed E-state index contributed by atoms with van der Waals surface area (Å²) in [4.78, 5) is 14.0. The van der Waals surface area contributed by atoms with E-state index in [9.17, 15) is 13.6 Å². The van der Waals surface area contributed by atoms with Gasteiger partial charge < -0.3 is 4.74 Å². The number of hydrogen-bond acceptors (Lipinski definition) is 2. The van der Waals surface area contributed by atoms with Gasteiger partial charge in [-0.2, -0.15) is 0 Å². The van der Waals surface area contributed by atoms with Crippen LogP contribution in [0.3, 0.4) is 0 Å². The van der Waals surface area contributed by atoms with Crippen LogP contribution in [0.15, 0.2) is 91.0 Å². The summed E-state index contributed by atoms with van der Waals surface area (Å²) >= 11 is 0. The molecule has 0 aliphatic carbocycles. The zero-order valence-corrected chi connectivity index (χ0v) is 19.0. The molecule has 0 amide bonds. The van der Waals surface area contributed by atoms with E-state index in [4.69, 9.17) is 11.2 Å². The van der Waals surface area contributed by atoms with Crippen molar-refractivity contribution in [3.05, 3.63) is 114 Å². The Hall–Kier alpha value is -4.01. The Bertz CT molecular complexity index is 1520. The van der Waals surface area contributed by atoms with E-state index in [0.717, 1.165) is 23.1 Å². The number of carbonyl (C=O) groups is 1. The monoisotopic (exact) mass is 469 g/mol. The molecule has 0 saturated heterocycles. The molecular weight excluding hydrogens is 450 g/mol. The second kappa shape index (κ2) is 8.40. The SMILES string of the molecule is C#CC(C)(OC(=O)c1ccc(-[s+]2c3ccccc3c3ccccc32)cc1)c1cc(F)cc(F)c1. The fourth-order valence-electron chi connectivity index (χ4n) is 4.08. The first-order chi connectivity index (χ1) is 16.4. The molecule has 34 heavy (non-hydrogen) atoms. The number of esters is 1. The number of fused-ring (bicyclic) bond motifs is 3. The smallest absolute Gasteiger partial charge is 0.339 e. The zero-order chi connectivity index (χ0) is 23.9. The van der Waals surface area contributed by atoms with Gasteiger partial charge in [-0.25, -0.2) is 13.6 Å². The third-order valence-corrected chi connectivity index (χ3v) is 8.15. The molecule has 0 fully saturated rings. The summed E-state index contributed by atoms with van der Waals surface area (Å²) in [6.45, 7) is 1.43. The highest BCUT2D eigenvalue weighted by Gasteiger charge is 2.31. The minimum Gasteiger partial charge on any atom is -0.438 e. The van der Waals surface area contributed by atoms with Crippen LogP contribution >= 0.6 is 10.5 Å². The molecule has 166 valence electrons. The van der Waals surface area contributed by atoms with Gasteiger partial charge in [0, 0.05) is 32.9 Å². The maximum atomic E-state index is 13.7. The van der Waals surface area contributed by atoms with Crippen LogP contribution in [-0.2, 0) is 10.3 Å². The van der Waals surface area contributed by atoms with Gasteiger partial charge in [-0.3, -0.25) is 0 Å². The molecule has 1 unspecified atom stereocenters. The highest BCUT2D eigenvalue weighted by molar-refractivity contribution is 7.50. The molecule has 1 aromatic heterocycles. The minimum atomic E-state index is -1.62. The number of carbonyl (C=O) groups excluding carboxylic acids is 1. The number of hydrogen-bond donors (Lipinski definition) is 0. The lowest BCUT2D eigenvalue weighted by Gasteiger charge is -2.24. The van der Waals surface area contributed by atoms with Gasteiger partial charge in [0.15, 0.2) is 19.9 Å². The van der Waals surface area contributed by atoms with Gasteiger partial charge >= 0.3 is 5.97 Å². The number of thiophene rings is 1. The van der Waals surface area contributed by atoms with Crippen molar-refractivity contribution in [1.29, 1.82) is 0 Å². The van der Waals surface area contributed by atoms with Crippen LogP contribution < -0.4 is 0 Å². The lowest BCUT2D eigenvalue weighted by Crippen LogP contribution is -2.28. The van der Waals surface area contributed by atoms with Crippen molar-refractivity contribution in [3.63, 3.8) is 0 Å². The highest BCUT2D eigenvalue weighted by Crippen LogP contribution is 2.48. The third kappa shape index (κ3) is 3.72. The van der Waals surface area contributed by atoms with Gasteiger partial charge in [0.05, 0.1) is 5.56 Å². The van der Waals surface area contributed by atoms with Crippen molar-refractivity contribution in [2.45, 2.75) is 12.5 Å². The zero-order valence-electron chi connectivity index (χ0n) is 18.2. The molecule has 5 aromatic rings. The van der Waals surface area contributed by atoms with E-state index in [2.05, 4.69) is 30.2 Å². The Labute approximate surface area is 198 Å². The van der Waals surface area contributed by atoms with Crippen molar-refractivity contribution in [1.82, 2.24) is 0 Å². The van der Waals surface area contributed by atoms with E-state index in [1.807, 2.05) is 36.4 Å². The molecular formula is C29H19F2O2S+. The van der Waals surface area contributed by atoms with E-state index in [-0.39, 0.29) is 16.0 Å². The predicted molar refractivity (Wildman–Crippen MR) is 133 cm³/mol. The summed E-state index contributed by atoms with van der Waals surface area (Å²) in [5.74, 6) is 0.0865. The first kappa shape index (κ1) is 21.8. The van der Waals surface area contributed by atoms with Gasteiger partial charge in [-0.05, 0) is 67.6 Å². The first-order valence-electron chi connectivity index (χ1n) is 10.6. The van der Waals surface area contributed by atoms with E-state index in [1.54, 1.807) is 12.1 Å². The summed E-state index contributed by atoms with van der Waals surface area (Å²) in [5.41, 5.74) is -1.27. The number of terminal acetylenes is 1. The molecule has 4 aromatic carbocycles. The molecule has 1 heterocycles. The van der Waals surface area contributed by atoms with Crippen LogP contribution in [-0.4, -0.2) is 5.97 Å². The average Bonchev–Trinajstić information content (AvgIpc) is 3.18.